The van der Waals surface area contributed by atoms with E-state index in [4.69, 9.17) is 0 Å². The lowest BCUT2D eigenvalue weighted by molar-refractivity contribution is -0.148. The number of hydrogen-bond donors (Lipinski definition) is 4. The van der Waals surface area contributed by atoms with Crippen molar-refractivity contribution in [1.29, 1.82) is 0 Å². The zero-order valence-corrected chi connectivity index (χ0v) is 13.0. The molecular formula is C17H18N2O5. The van der Waals surface area contributed by atoms with E-state index in [1.165, 1.54) is 6.07 Å². The molecule has 1 aromatic rings. The lowest BCUT2D eigenvalue weighted by Gasteiger charge is -2.23. The summed E-state index contributed by atoms with van der Waals surface area (Å²) in [5, 5.41) is 19.2. The number of para-hydroxylation sites is 1. The van der Waals surface area contributed by atoms with E-state index in [2.05, 4.69) is 10.9 Å². The van der Waals surface area contributed by atoms with E-state index in [0.29, 0.717) is 12.0 Å². The molecule has 1 saturated carbocycles. The van der Waals surface area contributed by atoms with Crippen LogP contribution >= 0.6 is 0 Å². The number of aromatic hydroxyl groups is 1. The molecule has 7 heteroatoms. The third kappa shape index (κ3) is 2.62. The van der Waals surface area contributed by atoms with Crippen molar-refractivity contribution < 1.29 is 24.6 Å². The Labute approximate surface area is 138 Å². The molecule has 126 valence electrons. The van der Waals surface area contributed by atoms with Gasteiger partial charge in [0.25, 0.3) is 5.91 Å². The van der Waals surface area contributed by atoms with Crippen LogP contribution in [0.2, 0.25) is 0 Å². The van der Waals surface area contributed by atoms with Crippen LogP contribution in [0.15, 0.2) is 30.4 Å². The highest BCUT2D eigenvalue weighted by Crippen LogP contribution is 2.48. The fourth-order valence-electron chi connectivity index (χ4n) is 3.63. The van der Waals surface area contributed by atoms with Gasteiger partial charge in [-0.05, 0) is 36.8 Å². The predicted octanol–water partition coefficient (Wildman–Crippen LogP) is 0.985. The van der Waals surface area contributed by atoms with Crippen molar-refractivity contribution in [3.63, 3.8) is 0 Å². The molecule has 24 heavy (non-hydrogen) atoms. The molecule has 2 aliphatic rings. The van der Waals surface area contributed by atoms with E-state index < -0.39 is 29.6 Å². The number of allylic oxidation sites excluding steroid dienone is 2. The summed E-state index contributed by atoms with van der Waals surface area (Å²) in [5.41, 5.74) is 5.12. The van der Waals surface area contributed by atoms with Crippen molar-refractivity contribution in [1.82, 2.24) is 10.9 Å². The third-order valence-corrected chi connectivity index (χ3v) is 4.83. The van der Waals surface area contributed by atoms with Crippen molar-refractivity contribution in [2.45, 2.75) is 13.3 Å². The van der Waals surface area contributed by atoms with Gasteiger partial charge in [0, 0.05) is 0 Å². The van der Waals surface area contributed by atoms with Crippen LogP contribution < -0.4 is 10.9 Å². The largest absolute Gasteiger partial charge is 0.507 e. The molecular weight excluding hydrogens is 312 g/mol. The first kappa shape index (κ1) is 16.0. The number of rotatable bonds is 3. The van der Waals surface area contributed by atoms with Gasteiger partial charge < -0.3 is 10.2 Å². The van der Waals surface area contributed by atoms with Crippen molar-refractivity contribution in [2.75, 3.05) is 0 Å². The number of carboxylic acid groups (broad SMARTS) is 1. The van der Waals surface area contributed by atoms with Crippen molar-refractivity contribution >= 4 is 17.8 Å². The number of aliphatic carboxylic acids is 1. The van der Waals surface area contributed by atoms with Gasteiger partial charge in [0.05, 0.1) is 17.4 Å². The Morgan fingerprint density at radius 1 is 1.08 bits per heavy atom. The fraction of sp³-hybridized carbons (Fsp3) is 0.353. The second-order valence-corrected chi connectivity index (χ2v) is 6.25. The summed E-state index contributed by atoms with van der Waals surface area (Å²) >= 11 is 0. The second kappa shape index (κ2) is 5.99. The molecule has 2 bridgehead atoms. The van der Waals surface area contributed by atoms with Crippen molar-refractivity contribution in [2.24, 2.45) is 23.7 Å². The summed E-state index contributed by atoms with van der Waals surface area (Å²) in [6.07, 6.45) is 4.35. The quantitative estimate of drug-likeness (QED) is 0.487. The molecule has 0 aromatic heterocycles. The number of carbonyl (C=O) groups is 3. The fourth-order valence-corrected chi connectivity index (χ4v) is 3.63. The van der Waals surface area contributed by atoms with E-state index in [0.717, 1.165) is 0 Å². The third-order valence-electron chi connectivity index (χ3n) is 4.83. The summed E-state index contributed by atoms with van der Waals surface area (Å²) < 4.78 is 0. The van der Waals surface area contributed by atoms with Crippen LogP contribution in [0.5, 0.6) is 5.75 Å². The van der Waals surface area contributed by atoms with Crippen LogP contribution in [-0.2, 0) is 9.59 Å². The average molecular weight is 330 g/mol. The van der Waals surface area contributed by atoms with E-state index in [1.807, 2.05) is 12.2 Å². The highest BCUT2D eigenvalue weighted by atomic mass is 16.4. The molecule has 4 unspecified atom stereocenters. The minimum absolute atomic E-state index is 0.0397. The highest BCUT2D eigenvalue weighted by molar-refractivity contribution is 5.98. The molecule has 0 spiro atoms. The summed E-state index contributed by atoms with van der Waals surface area (Å²) in [6.45, 7) is 1.66. The molecule has 1 aromatic carbocycles. The molecule has 3 rings (SSSR count). The van der Waals surface area contributed by atoms with Crippen LogP contribution in [0.1, 0.15) is 22.3 Å². The van der Waals surface area contributed by atoms with E-state index in [-0.39, 0.29) is 23.1 Å². The van der Waals surface area contributed by atoms with Crippen molar-refractivity contribution in [3.05, 3.63) is 41.5 Å². The SMILES string of the molecule is Cc1cccc(C(=O)NNC(=O)C2C3C=CC(C3)C2C(=O)O)c1O. The Morgan fingerprint density at radius 3 is 2.42 bits per heavy atom. The molecule has 2 aliphatic carbocycles. The minimum atomic E-state index is -1.00. The molecule has 0 aliphatic heterocycles. The Hall–Kier alpha value is -2.83. The number of fused-ring (bicyclic) bond motifs is 2. The zero-order chi connectivity index (χ0) is 17.4. The van der Waals surface area contributed by atoms with Gasteiger partial charge in [-0.2, -0.15) is 0 Å². The van der Waals surface area contributed by atoms with Gasteiger partial charge in [0.2, 0.25) is 5.91 Å². The Kier molecular flexibility index (Phi) is 4.01. The van der Waals surface area contributed by atoms with Crippen LogP contribution in [0.3, 0.4) is 0 Å². The van der Waals surface area contributed by atoms with Crippen LogP contribution in [-0.4, -0.2) is 28.0 Å². The monoisotopic (exact) mass is 330 g/mol. The molecule has 2 amide bonds. The number of hydrogen-bond acceptors (Lipinski definition) is 4. The van der Waals surface area contributed by atoms with Crippen LogP contribution in [0.4, 0.5) is 0 Å². The maximum atomic E-state index is 12.4. The highest BCUT2D eigenvalue weighted by Gasteiger charge is 2.51. The Bertz CT molecular complexity index is 742. The maximum absolute atomic E-state index is 12.4. The van der Waals surface area contributed by atoms with Crippen LogP contribution in [0.25, 0.3) is 0 Å². The lowest BCUT2D eigenvalue weighted by atomic mass is 9.82. The van der Waals surface area contributed by atoms with Gasteiger partial charge in [0.15, 0.2) is 0 Å². The molecule has 4 atom stereocenters. The molecule has 1 fully saturated rings. The first-order valence-electron chi connectivity index (χ1n) is 7.70. The van der Waals surface area contributed by atoms with Gasteiger partial charge >= 0.3 is 5.97 Å². The first-order valence-corrected chi connectivity index (χ1v) is 7.70. The van der Waals surface area contributed by atoms with Gasteiger partial charge in [0.1, 0.15) is 5.75 Å². The molecule has 4 N–H and O–H groups in total. The number of benzene rings is 1. The topological polar surface area (TPSA) is 116 Å². The van der Waals surface area contributed by atoms with E-state index in [1.54, 1.807) is 19.1 Å². The Morgan fingerprint density at radius 2 is 1.75 bits per heavy atom. The number of phenols is 1. The molecule has 0 radical (unpaired) electrons. The summed E-state index contributed by atoms with van der Waals surface area (Å²) in [7, 11) is 0. The Balaban J connectivity index is 1.67. The first-order chi connectivity index (χ1) is 11.4. The molecule has 0 saturated heterocycles. The van der Waals surface area contributed by atoms with Gasteiger partial charge in [-0.15, -0.1) is 0 Å². The number of nitrogens with one attached hydrogen (secondary N) is 2. The van der Waals surface area contributed by atoms with Gasteiger partial charge in [-0.3, -0.25) is 25.2 Å². The maximum Gasteiger partial charge on any atom is 0.307 e. The van der Waals surface area contributed by atoms with Gasteiger partial charge in [-0.1, -0.05) is 24.3 Å². The summed E-state index contributed by atoms with van der Waals surface area (Å²) in [4.78, 5) is 35.9. The normalized spacial score (nSPS) is 27.0. The molecule has 7 nitrogen and oxygen atoms in total. The lowest BCUT2D eigenvalue weighted by Crippen LogP contribution is -2.48. The number of phenolic OH excluding ortho intramolecular Hbond substituents is 1. The number of aryl methyl sites for hydroxylation is 1. The smallest absolute Gasteiger partial charge is 0.307 e. The number of carbonyl (C=O) groups excluding carboxylic acids is 2. The van der Waals surface area contributed by atoms with Crippen LogP contribution in [0, 0.1) is 30.6 Å². The summed E-state index contributed by atoms with van der Waals surface area (Å²) in [5.74, 6) is -4.09. The standard InChI is InChI=1S/C17H18N2O5/c1-8-3-2-4-11(14(8)20)15(21)18-19-16(22)12-9-5-6-10(7-9)13(12)17(23)24/h2-6,9-10,12-13,20H,7H2,1H3,(H,18,21)(H,19,22)(H,23,24). The van der Waals surface area contributed by atoms with E-state index in [9.17, 15) is 24.6 Å². The average Bonchev–Trinajstić information content (AvgIpc) is 3.15. The van der Waals surface area contributed by atoms with Crippen molar-refractivity contribution in [3.8, 4) is 5.75 Å². The number of carboxylic acids is 1. The number of amides is 2. The second-order valence-electron chi connectivity index (χ2n) is 6.25. The minimum Gasteiger partial charge on any atom is -0.507 e. The zero-order valence-electron chi connectivity index (χ0n) is 13.0. The number of hydrazine groups is 1. The molecule has 0 heterocycles. The van der Waals surface area contributed by atoms with E-state index >= 15 is 0 Å². The van der Waals surface area contributed by atoms with Gasteiger partial charge in [-0.25, -0.2) is 0 Å². The predicted molar refractivity (Wildman–Crippen MR) is 83.8 cm³/mol. The summed E-state index contributed by atoms with van der Waals surface area (Å²) in [6, 6.07) is 4.71.